The van der Waals surface area contributed by atoms with E-state index in [1.807, 2.05) is 80.7 Å². The van der Waals surface area contributed by atoms with Crippen LogP contribution in [-0.4, -0.2) is 35.9 Å². The number of benzene rings is 3. The highest BCUT2D eigenvalue weighted by atomic mass is 16.5. The second-order valence-electron chi connectivity index (χ2n) is 7.96. The fraction of sp³-hybridized carbons (Fsp3) is 0.192. The number of nitrogens with one attached hydrogen (secondary N) is 2. The van der Waals surface area contributed by atoms with Crippen LogP contribution in [0.3, 0.4) is 0 Å². The van der Waals surface area contributed by atoms with Gasteiger partial charge in [0.15, 0.2) is 6.04 Å². The van der Waals surface area contributed by atoms with Gasteiger partial charge in [-0.25, -0.2) is 0 Å². The largest absolute Gasteiger partial charge is 0.497 e. The minimum atomic E-state index is -0.766. The molecule has 1 aliphatic rings. The first-order valence-electron chi connectivity index (χ1n) is 10.5. The Morgan fingerprint density at radius 2 is 1.72 bits per heavy atom. The highest BCUT2D eigenvalue weighted by Crippen LogP contribution is 2.27. The number of hydrazine groups is 1. The van der Waals surface area contributed by atoms with Crippen molar-refractivity contribution in [1.82, 2.24) is 10.7 Å². The molecule has 3 aromatic carbocycles. The van der Waals surface area contributed by atoms with Crippen molar-refractivity contribution in [2.24, 2.45) is 0 Å². The maximum Gasteiger partial charge on any atom is 0.304 e. The number of aryl methyl sites for hydroxylation is 2. The molecule has 2 amide bonds. The summed E-state index contributed by atoms with van der Waals surface area (Å²) < 4.78 is 7.03. The van der Waals surface area contributed by atoms with Crippen LogP contribution < -0.4 is 15.5 Å². The zero-order valence-electron chi connectivity index (χ0n) is 18.3. The van der Waals surface area contributed by atoms with E-state index in [4.69, 9.17) is 4.74 Å². The van der Waals surface area contributed by atoms with Gasteiger partial charge >= 0.3 is 5.91 Å². The van der Waals surface area contributed by atoms with E-state index >= 15 is 0 Å². The Balaban J connectivity index is 1.70. The monoisotopic (exact) mass is 428 g/mol. The fourth-order valence-corrected chi connectivity index (χ4v) is 3.81. The van der Waals surface area contributed by atoms with E-state index in [9.17, 15) is 9.59 Å². The average Bonchev–Trinajstić information content (AvgIpc) is 3.09. The summed E-state index contributed by atoms with van der Waals surface area (Å²) in [4.78, 5) is 25.9. The van der Waals surface area contributed by atoms with E-state index in [0.29, 0.717) is 5.56 Å². The smallest absolute Gasteiger partial charge is 0.304 e. The molecule has 0 aromatic heterocycles. The van der Waals surface area contributed by atoms with E-state index in [2.05, 4.69) is 10.7 Å². The van der Waals surface area contributed by atoms with E-state index in [1.54, 1.807) is 23.9 Å². The van der Waals surface area contributed by atoms with Crippen molar-refractivity contribution >= 4 is 18.0 Å². The van der Waals surface area contributed by atoms with Gasteiger partial charge in [0.2, 0.25) is 12.3 Å². The molecule has 1 aliphatic heterocycles. The molecule has 6 heteroatoms. The van der Waals surface area contributed by atoms with Gasteiger partial charge in [0, 0.05) is 16.7 Å². The quantitative estimate of drug-likeness (QED) is 0.613. The highest BCUT2D eigenvalue weighted by molar-refractivity contribution is 5.98. The van der Waals surface area contributed by atoms with Crippen molar-refractivity contribution in [3.05, 3.63) is 101 Å². The molecule has 32 heavy (non-hydrogen) atoms. The first-order chi connectivity index (χ1) is 15.4. The molecular formula is C26H26N3O3+. The number of hydrogen-bond acceptors (Lipinski definition) is 3. The standard InChI is InChI=1S/C26H25N3O3/c1-17-7-9-19(10-8-17)16-29-24(20-11-13-22(32-3)14-12-20)23(26(31)28-29)27-25(30)21-6-4-5-18(2)15-21/h4-16,23-24H,1-3H3,(H-,27,28,30,31)/p+1/b29-16-/t23-,24-/m0/s1. The molecular weight excluding hydrogens is 402 g/mol. The number of hydrazone groups is 1. The number of rotatable bonds is 5. The van der Waals surface area contributed by atoms with Crippen molar-refractivity contribution in [2.45, 2.75) is 25.9 Å². The molecule has 0 aliphatic carbocycles. The Morgan fingerprint density at radius 1 is 1.00 bits per heavy atom. The van der Waals surface area contributed by atoms with E-state index in [0.717, 1.165) is 28.0 Å². The first-order valence-corrected chi connectivity index (χ1v) is 10.5. The highest BCUT2D eigenvalue weighted by Gasteiger charge is 2.47. The van der Waals surface area contributed by atoms with E-state index in [-0.39, 0.29) is 11.8 Å². The Kier molecular flexibility index (Phi) is 6.03. The summed E-state index contributed by atoms with van der Waals surface area (Å²) in [6.45, 7) is 3.95. The molecule has 1 saturated heterocycles. The molecule has 0 bridgehead atoms. The van der Waals surface area contributed by atoms with Gasteiger partial charge in [0.25, 0.3) is 5.91 Å². The van der Waals surface area contributed by atoms with Gasteiger partial charge < -0.3 is 10.1 Å². The number of carbonyl (C=O) groups excluding carboxylic acids is 2. The predicted molar refractivity (Wildman–Crippen MR) is 123 cm³/mol. The summed E-state index contributed by atoms with van der Waals surface area (Å²) in [5.41, 5.74) is 7.38. The van der Waals surface area contributed by atoms with Gasteiger partial charge in [-0.05, 0) is 62.4 Å². The lowest BCUT2D eigenvalue weighted by Crippen LogP contribution is -2.42. The summed E-state index contributed by atoms with van der Waals surface area (Å²) in [6, 6.07) is 21.6. The van der Waals surface area contributed by atoms with E-state index in [1.165, 1.54) is 0 Å². The predicted octanol–water partition coefficient (Wildman–Crippen LogP) is 3.33. The lowest BCUT2D eigenvalue weighted by Gasteiger charge is -2.15. The third-order valence-electron chi connectivity index (χ3n) is 5.53. The lowest BCUT2D eigenvalue weighted by molar-refractivity contribution is -0.596. The van der Waals surface area contributed by atoms with E-state index < -0.39 is 12.1 Å². The van der Waals surface area contributed by atoms with Gasteiger partial charge in [0.1, 0.15) is 5.75 Å². The molecule has 0 spiro atoms. The number of amides is 2. The van der Waals surface area contributed by atoms with Crippen molar-refractivity contribution in [3.63, 3.8) is 0 Å². The first kappa shape index (κ1) is 21.3. The third kappa shape index (κ3) is 4.54. The van der Waals surface area contributed by atoms with Crippen LogP contribution in [-0.2, 0) is 4.79 Å². The maximum atomic E-state index is 13.0. The third-order valence-corrected chi connectivity index (χ3v) is 5.53. The van der Waals surface area contributed by atoms with Gasteiger partial charge in [-0.1, -0.05) is 35.4 Å². The van der Waals surface area contributed by atoms with Crippen LogP contribution in [0.5, 0.6) is 5.75 Å². The Hall–Kier alpha value is -3.93. The molecule has 1 fully saturated rings. The molecule has 2 atom stereocenters. The number of methoxy groups -OCH3 is 1. The van der Waals surface area contributed by atoms with Crippen LogP contribution in [0.2, 0.25) is 0 Å². The molecule has 4 rings (SSSR count). The fourth-order valence-electron chi connectivity index (χ4n) is 3.81. The second kappa shape index (κ2) is 9.06. The summed E-state index contributed by atoms with van der Waals surface area (Å²) in [5, 5.41) is 2.93. The lowest BCUT2D eigenvalue weighted by atomic mass is 9.99. The van der Waals surface area contributed by atoms with Gasteiger partial charge in [0.05, 0.1) is 7.11 Å². The van der Waals surface area contributed by atoms with Crippen LogP contribution in [0, 0.1) is 13.8 Å². The number of hydrogen-bond donors (Lipinski definition) is 2. The Bertz CT molecular complexity index is 1170. The minimum Gasteiger partial charge on any atom is -0.497 e. The zero-order valence-corrected chi connectivity index (χ0v) is 18.3. The van der Waals surface area contributed by atoms with Gasteiger partial charge in [-0.2, -0.15) is 0 Å². The molecule has 0 radical (unpaired) electrons. The normalized spacial score (nSPS) is 19.0. The van der Waals surface area contributed by atoms with Crippen LogP contribution in [0.4, 0.5) is 0 Å². The van der Waals surface area contributed by atoms with Crippen molar-refractivity contribution in [1.29, 1.82) is 0 Å². The molecule has 3 aromatic rings. The zero-order chi connectivity index (χ0) is 22.7. The van der Waals surface area contributed by atoms with Gasteiger partial charge in [-0.3, -0.25) is 9.59 Å². The summed E-state index contributed by atoms with van der Waals surface area (Å²) in [7, 11) is 1.61. The summed E-state index contributed by atoms with van der Waals surface area (Å²) >= 11 is 0. The summed E-state index contributed by atoms with van der Waals surface area (Å²) in [5.74, 6) is 0.167. The average molecular weight is 429 g/mol. The molecule has 2 N–H and O–H groups in total. The van der Waals surface area contributed by atoms with Crippen molar-refractivity contribution in [2.75, 3.05) is 7.11 Å². The van der Waals surface area contributed by atoms with Crippen LogP contribution in [0.1, 0.15) is 38.7 Å². The number of nitrogens with zero attached hydrogens (tertiary/aromatic N) is 1. The van der Waals surface area contributed by atoms with Crippen LogP contribution >= 0.6 is 0 Å². The minimum absolute atomic E-state index is 0.268. The SMILES string of the molecule is COc1ccc([C@H]2[C@H](NC(=O)c3cccc(C)c3)C(=O)N/[N+]2=C\c2ccc(C)cc2)cc1. The number of ether oxygens (including phenoxy) is 1. The molecule has 1 heterocycles. The Morgan fingerprint density at radius 3 is 2.38 bits per heavy atom. The van der Waals surface area contributed by atoms with Crippen molar-refractivity contribution < 1.29 is 19.0 Å². The maximum absolute atomic E-state index is 13.0. The summed E-state index contributed by atoms with van der Waals surface area (Å²) in [6.07, 6.45) is 1.88. The molecule has 6 nitrogen and oxygen atoms in total. The number of carbonyl (C=O) groups is 2. The Labute approximate surface area is 187 Å². The molecule has 0 saturated carbocycles. The second-order valence-corrected chi connectivity index (χ2v) is 7.96. The molecule has 162 valence electrons. The topological polar surface area (TPSA) is 70.4 Å². The van der Waals surface area contributed by atoms with Crippen LogP contribution in [0.25, 0.3) is 0 Å². The molecule has 0 unspecified atom stereocenters. The van der Waals surface area contributed by atoms with Crippen LogP contribution in [0.15, 0.2) is 72.8 Å². The van der Waals surface area contributed by atoms with Gasteiger partial charge in [-0.15, -0.1) is 10.1 Å². The van der Waals surface area contributed by atoms with Crippen molar-refractivity contribution in [3.8, 4) is 5.75 Å².